The van der Waals surface area contributed by atoms with Gasteiger partial charge in [-0.1, -0.05) is 13.3 Å². The van der Waals surface area contributed by atoms with Crippen molar-refractivity contribution in [3.63, 3.8) is 0 Å². The third-order valence-corrected chi connectivity index (χ3v) is 2.39. The summed E-state index contributed by atoms with van der Waals surface area (Å²) in [5.74, 6) is 0. The van der Waals surface area contributed by atoms with Crippen LogP contribution in [0.1, 0.15) is 26.7 Å². The summed E-state index contributed by atoms with van der Waals surface area (Å²) in [6.07, 6.45) is 2.40. The van der Waals surface area contributed by atoms with Gasteiger partial charge in [-0.2, -0.15) is 0 Å². The Labute approximate surface area is 75.0 Å². The molecule has 0 aliphatic carbocycles. The van der Waals surface area contributed by atoms with Crippen molar-refractivity contribution in [2.75, 3.05) is 14.1 Å². The molecular formula is C8H18N2S. The molecule has 1 unspecified atom stereocenters. The molecule has 0 saturated carbocycles. The zero-order valence-electron chi connectivity index (χ0n) is 7.85. The van der Waals surface area contributed by atoms with E-state index in [4.69, 9.17) is 12.2 Å². The van der Waals surface area contributed by atoms with Gasteiger partial charge in [-0.3, -0.25) is 0 Å². The Balaban J connectivity index is 3.80. The van der Waals surface area contributed by atoms with Gasteiger partial charge in [0.1, 0.15) is 0 Å². The Kier molecular flexibility index (Phi) is 5.20. The van der Waals surface area contributed by atoms with Crippen LogP contribution in [0.4, 0.5) is 0 Å². The molecule has 0 heterocycles. The highest BCUT2D eigenvalue weighted by Crippen LogP contribution is 2.03. The molecule has 0 aliphatic heterocycles. The van der Waals surface area contributed by atoms with Crippen molar-refractivity contribution in [1.29, 1.82) is 0 Å². The van der Waals surface area contributed by atoms with Crippen molar-refractivity contribution >= 4 is 17.3 Å². The Morgan fingerprint density at radius 1 is 1.64 bits per heavy atom. The standard InChI is InChI=1S/C8H18N2S/c1-5-6-7(2)10(4)8(11)9-3/h7H,5-6H2,1-4H3,(H,9,11). The van der Waals surface area contributed by atoms with Gasteiger partial charge in [0.05, 0.1) is 0 Å². The second kappa shape index (κ2) is 5.35. The molecule has 0 saturated heterocycles. The van der Waals surface area contributed by atoms with Crippen molar-refractivity contribution < 1.29 is 0 Å². The van der Waals surface area contributed by atoms with E-state index in [9.17, 15) is 0 Å². The summed E-state index contributed by atoms with van der Waals surface area (Å²) < 4.78 is 0. The molecule has 0 aromatic rings. The first-order valence-electron chi connectivity index (χ1n) is 4.08. The molecule has 0 aromatic heterocycles. The topological polar surface area (TPSA) is 15.3 Å². The second-order valence-corrected chi connectivity index (χ2v) is 3.19. The minimum absolute atomic E-state index is 0.542. The van der Waals surface area contributed by atoms with E-state index in [2.05, 4.69) is 24.1 Å². The molecule has 0 rings (SSSR count). The highest BCUT2D eigenvalue weighted by atomic mass is 32.1. The van der Waals surface area contributed by atoms with Crippen LogP contribution in [0, 0.1) is 0 Å². The van der Waals surface area contributed by atoms with Crippen molar-refractivity contribution in [3.05, 3.63) is 0 Å². The second-order valence-electron chi connectivity index (χ2n) is 2.80. The Hall–Kier alpha value is -0.310. The zero-order valence-corrected chi connectivity index (χ0v) is 8.66. The van der Waals surface area contributed by atoms with Crippen molar-refractivity contribution in [3.8, 4) is 0 Å². The fraction of sp³-hybridized carbons (Fsp3) is 0.875. The maximum Gasteiger partial charge on any atom is 0.168 e. The number of rotatable bonds is 3. The lowest BCUT2D eigenvalue weighted by Crippen LogP contribution is -2.40. The highest BCUT2D eigenvalue weighted by Gasteiger charge is 2.08. The van der Waals surface area contributed by atoms with Crippen LogP contribution in [0.15, 0.2) is 0 Å². The Morgan fingerprint density at radius 2 is 2.18 bits per heavy atom. The van der Waals surface area contributed by atoms with Crippen LogP contribution in [0.3, 0.4) is 0 Å². The Morgan fingerprint density at radius 3 is 2.55 bits per heavy atom. The molecule has 0 radical (unpaired) electrons. The highest BCUT2D eigenvalue weighted by molar-refractivity contribution is 7.80. The van der Waals surface area contributed by atoms with E-state index >= 15 is 0 Å². The maximum atomic E-state index is 5.08. The molecule has 1 N–H and O–H groups in total. The average Bonchev–Trinajstić information content (AvgIpc) is 2.02. The van der Waals surface area contributed by atoms with Gasteiger partial charge in [-0.15, -0.1) is 0 Å². The van der Waals surface area contributed by atoms with Crippen LogP contribution >= 0.6 is 12.2 Å². The van der Waals surface area contributed by atoms with Crippen molar-refractivity contribution in [2.24, 2.45) is 0 Å². The first-order valence-corrected chi connectivity index (χ1v) is 4.48. The van der Waals surface area contributed by atoms with Gasteiger partial charge in [-0.05, 0) is 25.6 Å². The molecule has 0 bridgehead atoms. The van der Waals surface area contributed by atoms with E-state index in [0.29, 0.717) is 6.04 Å². The van der Waals surface area contributed by atoms with Gasteiger partial charge in [-0.25, -0.2) is 0 Å². The van der Waals surface area contributed by atoms with Crippen molar-refractivity contribution in [2.45, 2.75) is 32.7 Å². The predicted molar refractivity (Wildman–Crippen MR) is 53.8 cm³/mol. The lowest BCUT2D eigenvalue weighted by Gasteiger charge is -2.26. The third-order valence-electron chi connectivity index (χ3n) is 1.90. The molecule has 0 aliphatic rings. The van der Waals surface area contributed by atoms with E-state index in [1.54, 1.807) is 0 Å². The van der Waals surface area contributed by atoms with E-state index in [1.807, 2.05) is 14.1 Å². The van der Waals surface area contributed by atoms with Crippen molar-refractivity contribution in [1.82, 2.24) is 10.2 Å². The zero-order chi connectivity index (χ0) is 8.85. The molecule has 2 nitrogen and oxygen atoms in total. The molecule has 1 atom stereocenters. The molecule has 0 amide bonds. The third kappa shape index (κ3) is 3.56. The number of hydrogen-bond acceptors (Lipinski definition) is 1. The first-order chi connectivity index (χ1) is 5.13. The molecular weight excluding hydrogens is 156 g/mol. The smallest absolute Gasteiger partial charge is 0.168 e. The summed E-state index contributed by atoms with van der Waals surface area (Å²) in [6, 6.07) is 0.542. The number of hydrogen-bond donors (Lipinski definition) is 1. The van der Waals surface area contributed by atoms with E-state index in [0.717, 1.165) is 5.11 Å². The summed E-state index contributed by atoms with van der Waals surface area (Å²) >= 11 is 5.08. The molecule has 0 spiro atoms. The molecule has 11 heavy (non-hydrogen) atoms. The lowest BCUT2D eigenvalue weighted by atomic mass is 10.2. The normalized spacial score (nSPS) is 12.4. The number of thiocarbonyl (C=S) groups is 1. The van der Waals surface area contributed by atoms with E-state index in [1.165, 1.54) is 12.8 Å². The largest absolute Gasteiger partial charge is 0.366 e. The van der Waals surface area contributed by atoms with Crippen LogP contribution in [0.2, 0.25) is 0 Å². The van der Waals surface area contributed by atoms with Gasteiger partial charge < -0.3 is 10.2 Å². The summed E-state index contributed by atoms with van der Waals surface area (Å²) in [5, 5.41) is 3.79. The summed E-state index contributed by atoms with van der Waals surface area (Å²) in [4.78, 5) is 2.10. The van der Waals surface area contributed by atoms with Crippen LogP contribution in [-0.4, -0.2) is 30.1 Å². The molecule has 3 heteroatoms. The monoisotopic (exact) mass is 174 g/mol. The fourth-order valence-corrected chi connectivity index (χ4v) is 1.17. The van der Waals surface area contributed by atoms with Gasteiger partial charge in [0.25, 0.3) is 0 Å². The van der Waals surface area contributed by atoms with E-state index < -0.39 is 0 Å². The van der Waals surface area contributed by atoms with Crippen LogP contribution in [0.25, 0.3) is 0 Å². The lowest BCUT2D eigenvalue weighted by molar-refractivity contribution is 0.364. The van der Waals surface area contributed by atoms with E-state index in [-0.39, 0.29) is 0 Å². The molecule has 0 fully saturated rings. The predicted octanol–water partition coefficient (Wildman–Crippen LogP) is 1.61. The minimum atomic E-state index is 0.542. The summed E-state index contributed by atoms with van der Waals surface area (Å²) in [7, 11) is 3.89. The fourth-order valence-electron chi connectivity index (χ4n) is 0.988. The molecule has 0 aromatic carbocycles. The quantitative estimate of drug-likeness (QED) is 0.654. The minimum Gasteiger partial charge on any atom is -0.366 e. The summed E-state index contributed by atoms with van der Waals surface area (Å²) in [6.45, 7) is 4.37. The average molecular weight is 174 g/mol. The SMILES string of the molecule is CCCC(C)N(C)C(=S)NC. The number of nitrogens with zero attached hydrogens (tertiary/aromatic N) is 1. The van der Waals surface area contributed by atoms with Crippen LogP contribution < -0.4 is 5.32 Å². The maximum absolute atomic E-state index is 5.08. The van der Waals surface area contributed by atoms with Crippen LogP contribution in [-0.2, 0) is 0 Å². The number of nitrogens with one attached hydrogen (secondary N) is 1. The van der Waals surface area contributed by atoms with Gasteiger partial charge >= 0.3 is 0 Å². The molecule has 66 valence electrons. The Bertz CT molecular complexity index is 125. The van der Waals surface area contributed by atoms with Crippen LogP contribution in [0.5, 0.6) is 0 Å². The summed E-state index contributed by atoms with van der Waals surface area (Å²) in [5.41, 5.74) is 0. The van der Waals surface area contributed by atoms with Gasteiger partial charge in [0.2, 0.25) is 0 Å². The van der Waals surface area contributed by atoms with Gasteiger partial charge in [0.15, 0.2) is 5.11 Å². The first kappa shape index (κ1) is 10.7. The van der Waals surface area contributed by atoms with Gasteiger partial charge in [0, 0.05) is 20.1 Å².